The molecule has 0 radical (unpaired) electrons. The molecule has 1 unspecified atom stereocenters. The van der Waals surface area contributed by atoms with Crippen molar-refractivity contribution in [3.05, 3.63) is 34.9 Å². The summed E-state index contributed by atoms with van der Waals surface area (Å²) in [5.41, 5.74) is 0.846. The topological polar surface area (TPSA) is 56.2 Å². The maximum Gasteiger partial charge on any atom is 0.0916 e. The number of aliphatic hydroxyl groups excluding tert-OH is 2. The summed E-state index contributed by atoms with van der Waals surface area (Å²) in [7, 11) is 0. The Morgan fingerprint density at radius 1 is 1.18 bits per heavy atom. The Balaban J connectivity index is 1.82. The molecule has 0 aliphatic carbocycles. The summed E-state index contributed by atoms with van der Waals surface area (Å²) in [6, 6.07) is 7.24. The normalized spacial score (nSPS) is 17.8. The van der Waals surface area contributed by atoms with Gasteiger partial charge in [0.1, 0.15) is 0 Å². The molecule has 0 bridgehead atoms. The van der Waals surface area contributed by atoms with Crippen LogP contribution in [-0.4, -0.2) is 79.1 Å². The molecule has 1 heterocycles. The largest absolute Gasteiger partial charge is 0.395 e. The fourth-order valence-corrected chi connectivity index (χ4v) is 2.70. The van der Waals surface area contributed by atoms with Crippen LogP contribution in [0.2, 0.25) is 5.02 Å². The van der Waals surface area contributed by atoms with Crippen LogP contribution in [0.1, 0.15) is 11.7 Å². The zero-order chi connectivity index (χ0) is 15.8. The molecule has 6 heteroatoms. The second-order valence-electron chi connectivity index (χ2n) is 5.55. The molecule has 0 saturated carbocycles. The lowest BCUT2D eigenvalue weighted by molar-refractivity contribution is 0.0283. The second kappa shape index (κ2) is 9.45. The SMILES string of the molecule is OCCN(CCN1CCOCC1)CC(O)c1ccc(Cl)cc1. The first-order valence-corrected chi connectivity index (χ1v) is 8.13. The van der Waals surface area contributed by atoms with E-state index in [1.807, 2.05) is 12.1 Å². The van der Waals surface area contributed by atoms with Crippen LogP contribution in [-0.2, 0) is 4.74 Å². The average molecular weight is 329 g/mol. The van der Waals surface area contributed by atoms with Crippen LogP contribution in [0.3, 0.4) is 0 Å². The van der Waals surface area contributed by atoms with E-state index < -0.39 is 6.10 Å². The summed E-state index contributed by atoms with van der Waals surface area (Å²) < 4.78 is 5.34. The van der Waals surface area contributed by atoms with Gasteiger partial charge >= 0.3 is 0 Å². The van der Waals surface area contributed by atoms with Crippen molar-refractivity contribution in [3.8, 4) is 0 Å². The van der Waals surface area contributed by atoms with Gasteiger partial charge in [0.05, 0.1) is 25.9 Å². The van der Waals surface area contributed by atoms with Crippen LogP contribution in [0.25, 0.3) is 0 Å². The lowest BCUT2D eigenvalue weighted by Crippen LogP contribution is -2.43. The van der Waals surface area contributed by atoms with Gasteiger partial charge in [-0.1, -0.05) is 23.7 Å². The predicted octanol–water partition coefficient (Wildman–Crippen LogP) is 1.000. The fourth-order valence-electron chi connectivity index (χ4n) is 2.58. The van der Waals surface area contributed by atoms with Crippen molar-refractivity contribution in [2.24, 2.45) is 0 Å². The van der Waals surface area contributed by atoms with Gasteiger partial charge in [0.2, 0.25) is 0 Å². The van der Waals surface area contributed by atoms with E-state index in [2.05, 4.69) is 9.80 Å². The Labute approximate surface area is 137 Å². The summed E-state index contributed by atoms with van der Waals surface area (Å²) in [6.45, 7) is 6.39. The van der Waals surface area contributed by atoms with E-state index in [1.54, 1.807) is 12.1 Å². The van der Waals surface area contributed by atoms with Crippen LogP contribution < -0.4 is 0 Å². The molecule has 0 amide bonds. The number of hydrogen-bond donors (Lipinski definition) is 2. The summed E-state index contributed by atoms with van der Waals surface area (Å²) in [4.78, 5) is 4.44. The van der Waals surface area contributed by atoms with Crippen molar-refractivity contribution in [2.75, 3.05) is 59.1 Å². The van der Waals surface area contributed by atoms with Gasteiger partial charge in [-0.2, -0.15) is 0 Å². The van der Waals surface area contributed by atoms with Gasteiger partial charge in [-0.3, -0.25) is 9.80 Å². The van der Waals surface area contributed by atoms with Crippen molar-refractivity contribution in [1.29, 1.82) is 0 Å². The Bertz CT molecular complexity index is 424. The highest BCUT2D eigenvalue weighted by Gasteiger charge is 2.16. The monoisotopic (exact) mass is 328 g/mol. The van der Waals surface area contributed by atoms with Crippen molar-refractivity contribution in [2.45, 2.75) is 6.10 Å². The number of hydrogen-bond acceptors (Lipinski definition) is 5. The summed E-state index contributed by atoms with van der Waals surface area (Å²) >= 11 is 5.87. The molecule has 5 nitrogen and oxygen atoms in total. The number of ether oxygens (including phenoxy) is 1. The van der Waals surface area contributed by atoms with Crippen LogP contribution in [0.15, 0.2) is 24.3 Å². The first kappa shape index (κ1) is 17.7. The van der Waals surface area contributed by atoms with E-state index in [0.717, 1.165) is 45.0 Å². The van der Waals surface area contributed by atoms with Crippen molar-refractivity contribution < 1.29 is 14.9 Å². The molecular weight excluding hydrogens is 304 g/mol. The minimum Gasteiger partial charge on any atom is -0.395 e. The molecule has 0 spiro atoms. The maximum absolute atomic E-state index is 10.3. The van der Waals surface area contributed by atoms with Gasteiger partial charge < -0.3 is 14.9 Å². The zero-order valence-corrected chi connectivity index (χ0v) is 13.6. The van der Waals surface area contributed by atoms with E-state index in [-0.39, 0.29) is 6.61 Å². The van der Waals surface area contributed by atoms with Crippen molar-refractivity contribution in [1.82, 2.24) is 9.80 Å². The van der Waals surface area contributed by atoms with E-state index in [4.69, 9.17) is 16.3 Å². The molecule has 2 rings (SSSR count). The van der Waals surface area contributed by atoms with Crippen LogP contribution in [0.4, 0.5) is 0 Å². The number of morpholine rings is 1. The van der Waals surface area contributed by atoms with E-state index in [0.29, 0.717) is 18.1 Å². The number of aliphatic hydroxyl groups is 2. The van der Waals surface area contributed by atoms with E-state index in [9.17, 15) is 10.2 Å². The summed E-state index contributed by atoms with van der Waals surface area (Å²) in [5.74, 6) is 0. The molecule has 124 valence electrons. The van der Waals surface area contributed by atoms with Crippen LogP contribution in [0, 0.1) is 0 Å². The maximum atomic E-state index is 10.3. The highest BCUT2D eigenvalue weighted by Crippen LogP contribution is 2.17. The Morgan fingerprint density at radius 3 is 2.50 bits per heavy atom. The highest BCUT2D eigenvalue weighted by molar-refractivity contribution is 6.30. The lowest BCUT2D eigenvalue weighted by Gasteiger charge is -2.30. The standard InChI is InChI=1S/C16H25ClN2O3/c17-15-3-1-14(2-4-15)16(21)13-19(7-10-20)6-5-18-8-11-22-12-9-18/h1-4,16,20-21H,5-13H2. The van der Waals surface area contributed by atoms with Crippen molar-refractivity contribution in [3.63, 3.8) is 0 Å². The zero-order valence-electron chi connectivity index (χ0n) is 12.8. The van der Waals surface area contributed by atoms with Crippen molar-refractivity contribution >= 4 is 11.6 Å². The molecule has 1 aliphatic rings. The van der Waals surface area contributed by atoms with Crippen LogP contribution >= 0.6 is 11.6 Å². The lowest BCUT2D eigenvalue weighted by atomic mass is 10.1. The molecule has 1 aromatic carbocycles. The second-order valence-corrected chi connectivity index (χ2v) is 5.98. The molecule has 2 N–H and O–H groups in total. The van der Waals surface area contributed by atoms with Gasteiger partial charge in [0.25, 0.3) is 0 Å². The Morgan fingerprint density at radius 2 is 1.86 bits per heavy atom. The Kier molecular flexibility index (Phi) is 7.59. The number of halogens is 1. The third-order valence-electron chi connectivity index (χ3n) is 3.94. The molecular formula is C16H25ClN2O3. The van der Waals surface area contributed by atoms with Gasteiger partial charge in [-0.15, -0.1) is 0 Å². The minimum absolute atomic E-state index is 0.0937. The van der Waals surface area contributed by atoms with Gasteiger partial charge in [0, 0.05) is 44.3 Å². The first-order valence-electron chi connectivity index (χ1n) is 7.76. The smallest absolute Gasteiger partial charge is 0.0916 e. The first-order chi connectivity index (χ1) is 10.7. The highest BCUT2D eigenvalue weighted by atomic mass is 35.5. The van der Waals surface area contributed by atoms with E-state index in [1.165, 1.54) is 0 Å². The molecule has 1 saturated heterocycles. The van der Waals surface area contributed by atoms with Crippen LogP contribution in [0.5, 0.6) is 0 Å². The number of benzene rings is 1. The third kappa shape index (κ3) is 5.83. The fraction of sp³-hybridized carbons (Fsp3) is 0.625. The molecule has 0 aromatic heterocycles. The number of nitrogens with zero attached hydrogens (tertiary/aromatic N) is 2. The number of rotatable bonds is 8. The predicted molar refractivity (Wildman–Crippen MR) is 87.2 cm³/mol. The molecule has 1 aliphatic heterocycles. The molecule has 22 heavy (non-hydrogen) atoms. The van der Waals surface area contributed by atoms with Gasteiger partial charge in [-0.05, 0) is 17.7 Å². The quantitative estimate of drug-likeness (QED) is 0.745. The minimum atomic E-state index is -0.575. The van der Waals surface area contributed by atoms with E-state index >= 15 is 0 Å². The molecule has 1 fully saturated rings. The molecule has 1 aromatic rings. The van der Waals surface area contributed by atoms with Gasteiger partial charge in [-0.25, -0.2) is 0 Å². The Hall–Kier alpha value is -0.690. The summed E-state index contributed by atoms with van der Waals surface area (Å²) in [5, 5.41) is 20.2. The van der Waals surface area contributed by atoms with Gasteiger partial charge in [0.15, 0.2) is 0 Å². The summed E-state index contributed by atoms with van der Waals surface area (Å²) in [6.07, 6.45) is -0.575. The average Bonchev–Trinajstić information content (AvgIpc) is 2.54. The third-order valence-corrected chi connectivity index (χ3v) is 4.19. The molecule has 1 atom stereocenters.